The first-order valence-corrected chi connectivity index (χ1v) is 7.35. The molecule has 21 heavy (non-hydrogen) atoms. The summed E-state index contributed by atoms with van der Waals surface area (Å²) in [5.41, 5.74) is 4.28. The van der Waals surface area contributed by atoms with E-state index in [1.807, 2.05) is 18.2 Å². The van der Waals surface area contributed by atoms with Gasteiger partial charge in [-0.25, -0.2) is 0 Å². The minimum Gasteiger partial charge on any atom is -0.340 e. The number of nitrogens with zero attached hydrogens (tertiary/aromatic N) is 1. The second-order valence-electron chi connectivity index (χ2n) is 5.42. The van der Waals surface area contributed by atoms with E-state index < -0.39 is 0 Å². The van der Waals surface area contributed by atoms with Gasteiger partial charge in [0.1, 0.15) is 0 Å². The van der Waals surface area contributed by atoms with E-state index in [1.54, 1.807) is 6.92 Å². The zero-order valence-corrected chi connectivity index (χ0v) is 12.5. The third-order valence-corrected chi connectivity index (χ3v) is 3.98. The van der Waals surface area contributed by atoms with Gasteiger partial charge in [-0.1, -0.05) is 25.6 Å². The quantitative estimate of drug-likeness (QED) is 0.612. The number of ketones is 1. The fourth-order valence-corrected chi connectivity index (χ4v) is 2.93. The van der Waals surface area contributed by atoms with Gasteiger partial charge < -0.3 is 4.57 Å². The van der Waals surface area contributed by atoms with Crippen molar-refractivity contribution in [1.82, 2.24) is 4.57 Å². The highest BCUT2D eigenvalue weighted by Gasteiger charge is 2.12. The second kappa shape index (κ2) is 5.21. The van der Waals surface area contributed by atoms with Gasteiger partial charge in [-0.2, -0.15) is 0 Å². The molecular weight excluding hydrogens is 258 g/mol. The van der Waals surface area contributed by atoms with Crippen LogP contribution in [-0.2, 0) is 6.54 Å². The molecule has 1 aromatic heterocycles. The smallest absolute Gasteiger partial charge is 0.159 e. The van der Waals surface area contributed by atoms with E-state index in [0.29, 0.717) is 0 Å². The number of aryl methyl sites for hydroxylation is 1. The van der Waals surface area contributed by atoms with Crippen LogP contribution < -0.4 is 0 Å². The van der Waals surface area contributed by atoms with E-state index in [0.717, 1.165) is 29.5 Å². The molecule has 0 aliphatic carbocycles. The minimum atomic E-state index is 0.105. The van der Waals surface area contributed by atoms with Gasteiger partial charge in [-0.05, 0) is 49.2 Å². The molecule has 0 unspecified atom stereocenters. The highest BCUT2D eigenvalue weighted by molar-refractivity contribution is 6.11. The van der Waals surface area contributed by atoms with E-state index >= 15 is 0 Å². The zero-order chi connectivity index (χ0) is 15.0. The Morgan fingerprint density at radius 2 is 1.81 bits per heavy atom. The SMILES string of the molecule is C=Cc1ccc2c(c1)c1cc(C(C)=O)ccc1n2CCC. The standard InChI is InChI=1S/C19H19NO/c1-4-10-20-18-8-6-14(5-2)11-16(18)17-12-15(13(3)21)7-9-19(17)20/h5-9,11-12H,2,4,10H2,1,3H3. The van der Waals surface area contributed by atoms with E-state index in [4.69, 9.17) is 0 Å². The molecule has 2 heteroatoms. The van der Waals surface area contributed by atoms with E-state index in [9.17, 15) is 4.79 Å². The molecule has 106 valence electrons. The van der Waals surface area contributed by atoms with Crippen LogP contribution in [0.5, 0.6) is 0 Å². The highest BCUT2D eigenvalue weighted by atomic mass is 16.1. The predicted octanol–water partition coefficient (Wildman–Crippen LogP) is 5.05. The van der Waals surface area contributed by atoms with Gasteiger partial charge >= 0.3 is 0 Å². The topological polar surface area (TPSA) is 22.0 Å². The number of aromatic nitrogens is 1. The van der Waals surface area contributed by atoms with Crippen LogP contribution in [0.1, 0.15) is 36.2 Å². The molecule has 0 saturated carbocycles. The summed E-state index contributed by atoms with van der Waals surface area (Å²) in [5, 5.41) is 2.34. The Morgan fingerprint density at radius 3 is 2.43 bits per heavy atom. The molecule has 1 heterocycles. The number of benzene rings is 2. The monoisotopic (exact) mass is 277 g/mol. The Bertz CT molecular complexity index is 855. The van der Waals surface area contributed by atoms with Gasteiger partial charge in [0.2, 0.25) is 0 Å². The molecule has 0 aliphatic rings. The third-order valence-electron chi connectivity index (χ3n) is 3.98. The molecule has 0 atom stereocenters. The third kappa shape index (κ3) is 2.17. The molecule has 0 spiro atoms. The lowest BCUT2D eigenvalue weighted by Crippen LogP contribution is -1.96. The van der Waals surface area contributed by atoms with Gasteiger partial charge in [0.25, 0.3) is 0 Å². The van der Waals surface area contributed by atoms with Crippen LogP contribution in [0.25, 0.3) is 27.9 Å². The van der Waals surface area contributed by atoms with Crippen LogP contribution in [0.4, 0.5) is 0 Å². The van der Waals surface area contributed by atoms with Crippen molar-refractivity contribution in [2.45, 2.75) is 26.8 Å². The summed E-state index contributed by atoms with van der Waals surface area (Å²) >= 11 is 0. The highest BCUT2D eigenvalue weighted by Crippen LogP contribution is 2.31. The fourth-order valence-electron chi connectivity index (χ4n) is 2.93. The Labute approximate surface area is 124 Å². The first-order chi connectivity index (χ1) is 10.2. The minimum absolute atomic E-state index is 0.105. The number of carbonyl (C=O) groups excluding carboxylic acids is 1. The zero-order valence-electron chi connectivity index (χ0n) is 12.5. The van der Waals surface area contributed by atoms with Gasteiger partial charge in [0.15, 0.2) is 5.78 Å². The summed E-state index contributed by atoms with van der Waals surface area (Å²) in [6.45, 7) is 8.62. The van der Waals surface area contributed by atoms with Crippen molar-refractivity contribution < 1.29 is 4.79 Å². The van der Waals surface area contributed by atoms with Crippen molar-refractivity contribution >= 4 is 33.7 Å². The molecule has 2 nitrogen and oxygen atoms in total. The van der Waals surface area contributed by atoms with Crippen molar-refractivity contribution in [1.29, 1.82) is 0 Å². The number of hydrogen-bond donors (Lipinski definition) is 0. The number of rotatable bonds is 4. The molecule has 3 aromatic rings. The van der Waals surface area contributed by atoms with E-state index in [1.165, 1.54) is 16.4 Å². The Balaban J connectivity index is 2.42. The van der Waals surface area contributed by atoms with E-state index in [2.05, 4.69) is 42.3 Å². The lowest BCUT2D eigenvalue weighted by molar-refractivity contribution is 0.101. The molecule has 0 saturated heterocycles. The summed E-state index contributed by atoms with van der Waals surface area (Å²) in [4.78, 5) is 11.7. The van der Waals surface area contributed by atoms with Crippen molar-refractivity contribution in [3.05, 3.63) is 54.1 Å². The van der Waals surface area contributed by atoms with Crippen molar-refractivity contribution in [2.24, 2.45) is 0 Å². The van der Waals surface area contributed by atoms with Gasteiger partial charge in [-0.15, -0.1) is 0 Å². The number of Topliss-reactive ketones (excluding diaryl/α,β-unsaturated/α-hetero) is 1. The number of carbonyl (C=O) groups is 1. The van der Waals surface area contributed by atoms with Crippen LogP contribution >= 0.6 is 0 Å². The van der Waals surface area contributed by atoms with Gasteiger partial charge in [-0.3, -0.25) is 4.79 Å². The van der Waals surface area contributed by atoms with Crippen LogP contribution in [0.3, 0.4) is 0 Å². The molecular formula is C19H19NO. The summed E-state index contributed by atoms with van der Waals surface area (Å²) in [5.74, 6) is 0.105. The van der Waals surface area contributed by atoms with Crippen molar-refractivity contribution in [2.75, 3.05) is 0 Å². The molecule has 0 aliphatic heterocycles. The number of fused-ring (bicyclic) bond motifs is 3. The lowest BCUT2D eigenvalue weighted by atomic mass is 10.1. The summed E-state index contributed by atoms with van der Waals surface area (Å²) in [7, 11) is 0. The van der Waals surface area contributed by atoms with Crippen molar-refractivity contribution in [3.8, 4) is 0 Å². The van der Waals surface area contributed by atoms with Gasteiger partial charge in [0, 0.05) is 33.9 Å². The van der Waals surface area contributed by atoms with Crippen LogP contribution in [-0.4, -0.2) is 10.4 Å². The Morgan fingerprint density at radius 1 is 1.14 bits per heavy atom. The van der Waals surface area contributed by atoms with E-state index in [-0.39, 0.29) is 5.78 Å². The summed E-state index contributed by atoms with van der Waals surface area (Å²) < 4.78 is 2.33. The molecule has 0 N–H and O–H groups in total. The van der Waals surface area contributed by atoms with Crippen LogP contribution in [0, 0.1) is 0 Å². The van der Waals surface area contributed by atoms with Gasteiger partial charge in [0.05, 0.1) is 0 Å². The number of hydrogen-bond acceptors (Lipinski definition) is 1. The second-order valence-corrected chi connectivity index (χ2v) is 5.42. The lowest BCUT2D eigenvalue weighted by Gasteiger charge is -2.05. The normalized spacial score (nSPS) is 11.1. The molecule has 0 radical (unpaired) electrons. The molecule has 0 amide bonds. The fraction of sp³-hybridized carbons (Fsp3) is 0.211. The van der Waals surface area contributed by atoms with Crippen LogP contribution in [0.15, 0.2) is 43.0 Å². The Kier molecular flexibility index (Phi) is 3.38. The molecule has 0 bridgehead atoms. The predicted molar refractivity (Wildman–Crippen MR) is 89.8 cm³/mol. The van der Waals surface area contributed by atoms with Crippen LogP contribution in [0.2, 0.25) is 0 Å². The first kappa shape index (κ1) is 13.6. The first-order valence-electron chi connectivity index (χ1n) is 7.35. The summed E-state index contributed by atoms with van der Waals surface area (Å²) in [6, 6.07) is 12.4. The largest absolute Gasteiger partial charge is 0.340 e. The summed E-state index contributed by atoms with van der Waals surface area (Å²) in [6.07, 6.45) is 2.94. The average molecular weight is 277 g/mol. The maximum atomic E-state index is 11.7. The molecule has 0 fully saturated rings. The molecule has 2 aromatic carbocycles. The maximum absolute atomic E-state index is 11.7. The Hall–Kier alpha value is -2.35. The maximum Gasteiger partial charge on any atom is 0.159 e. The molecule has 3 rings (SSSR count). The average Bonchev–Trinajstić information content (AvgIpc) is 2.80. The van der Waals surface area contributed by atoms with Crippen molar-refractivity contribution in [3.63, 3.8) is 0 Å².